The standard InChI is InChI=1S/C23H27N3O3.ClH/c1-6-11-29-22(28)17-13-24-21-16(9-7-14(2)25-21)20(17)26-18-12-15(23(3,4)5)8-10-19(18)27;/h7-10,12-13,27H,6,11H2,1-5H3,(H,24,25,26);1H. The summed E-state index contributed by atoms with van der Waals surface area (Å²) in [6, 6.07) is 9.18. The summed E-state index contributed by atoms with van der Waals surface area (Å²) in [5.74, 6) is -0.369. The van der Waals surface area contributed by atoms with E-state index in [2.05, 4.69) is 36.1 Å². The number of halogens is 1. The van der Waals surface area contributed by atoms with E-state index in [1.54, 1.807) is 6.07 Å². The van der Waals surface area contributed by atoms with Crippen molar-refractivity contribution >= 4 is 40.8 Å². The van der Waals surface area contributed by atoms with Crippen molar-refractivity contribution in [1.82, 2.24) is 9.97 Å². The fourth-order valence-corrected chi connectivity index (χ4v) is 2.97. The number of carbonyl (C=O) groups excluding carboxylic acids is 1. The lowest BCUT2D eigenvalue weighted by atomic mass is 9.87. The van der Waals surface area contributed by atoms with Gasteiger partial charge in [-0.25, -0.2) is 14.8 Å². The lowest BCUT2D eigenvalue weighted by Crippen LogP contribution is -2.12. The SMILES string of the molecule is CCCOC(=O)c1cnc2nc(C)ccc2c1Nc1cc(C(C)(C)C)ccc1O.Cl. The highest BCUT2D eigenvalue weighted by molar-refractivity contribution is 6.05. The third-order valence-electron chi connectivity index (χ3n) is 4.65. The molecule has 2 N–H and O–H groups in total. The first-order valence-electron chi connectivity index (χ1n) is 9.74. The molecule has 2 heterocycles. The lowest BCUT2D eigenvalue weighted by Gasteiger charge is -2.21. The van der Waals surface area contributed by atoms with Gasteiger partial charge >= 0.3 is 5.97 Å². The van der Waals surface area contributed by atoms with Crippen LogP contribution in [-0.4, -0.2) is 27.7 Å². The number of nitrogens with zero attached hydrogens (tertiary/aromatic N) is 2. The summed E-state index contributed by atoms with van der Waals surface area (Å²) < 4.78 is 5.33. The van der Waals surface area contributed by atoms with Crippen molar-refractivity contribution in [2.75, 3.05) is 11.9 Å². The number of nitrogens with one attached hydrogen (secondary N) is 1. The molecule has 0 fully saturated rings. The molecule has 3 aromatic rings. The Hall–Kier alpha value is -2.86. The average molecular weight is 430 g/mol. The average Bonchev–Trinajstić information content (AvgIpc) is 2.66. The number of carbonyl (C=O) groups is 1. The molecule has 160 valence electrons. The number of pyridine rings is 2. The molecule has 0 aliphatic carbocycles. The summed E-state index contributed by atoms with van der Waals surface area (Å²) >= 11 is 0. The van der Waals surface area contributed by atoms with Crippen LogP contribution in [0, 0.1) is 6.92 Å². The number of phenols is 1. The van der Waals surface area contributed by atoms with Crippen molar-refractivity contribution in [2.45, 2.75) is 46.5 Å². The summed E-state index contributed by atoms with van der Waals surface area (Å²) in [4.78, 5) is 21.4. The van der Waals surface area contributed by atoms with Crippen molar-refractivity contribution in [3.05, 3.63) is 53.3 Å². The summed E-state index contributed by atoms with van der Waals surface area (Å²) in [5.41, 5.74) is 3.64. The van der Waals surface area contributed by atoms with Gasteiger partial charge in [-0.15, -0.1) is 12.4 Å². The molecule has 0 unspecified atom stereocenters. The second-order valence-electron chi connectivity index (χ2n) is 8.11. The third-order valence-corrected chi connectivity index (χ3v) is 4.65. The molecule has 2 aromatic heterocycles. The highest BCUT2D eigenvalue weighted by Gasteiger charge is 2.20. The van der Waals surface area contributed by atoms with Crippen LogP contribution in [0.25, 0.3) is 11.0 Å². The number of esters is 1. The number of hydrogen-bond acceptors (Lipinski definition) is 6. The zero-order valence-corrected chi connectivity index (χ0v) is 18.8. The van der Waals surface area contributed by atoms with E-state index in [1.165, 1.54) is 6.20 Å². The molecule has 0 aliphatic rings. The van der Waals surface area contributed by atoms with Gasteiger partial charge in [0.1, 0.15) is 11.3 Å². The zero-order chi connectivity index (χ0) is 21.2. The number of anilines is 2. The van der Waals surface area contributed by atoms with Crippen LogP contribution in [0.2, 0.25) is 0 Å². The topological polar surface area (TPSA) is 84.3 Å². The van der Waals surface area contributed by atoms with Crippen LogP contribution >= 0.6 is 12.4 Å². The predicted molar refractivity (Wildman–Crippen MR) is 122 cm³/mol. The van der Waals surface area contributed by atoms with E-state index in [1.807, 2.05) is 38.1 Å². The number of ether oxygens (including phenoxy) is 1. The number of phenolic OH excluding ortho intramolecular Hbond substituents is 1. The largest absolute Gasteiger partial charge is 0.506 e. The highest BCUT2D eigenvalue weighted by atomic mass is 35.5. The Balaban J connectivity index is 0.00000320. The third kappa shape index (κ3) is 5.00. The van der Waals surface area contributed by atoms with Crippen LogP contribution in [-0.2, 0) is 10.2 Å². The van der Waals surface area contributed by atoms with Crippen LogP contribution in [0.5, 0.6) is 5.75 Å². The molecule has 3 rings (SSSR count). The molecule has 7 heteroatoms. The second-order valence-corrected chi connectivity index (χ2v) is 8.11. The molecular weight excluding hydrogens is 402 g/mol. The Morgan fingerprint density at radius 3 is 2.60 bits per heavy atom. The van der Waals surface area contributed by atoms with E-state index < -0.39 is 5.97 Å². The number of fused-ring (bicyclic) bond motifs is 1. The Morgan fingerprint density at radius 2 is 1.93 bits per heavy atom. The summed E-state index contributed by atoms with van der Waals surface area (Å²) in [6.45, 7) is 10.5. The van der Waals surface area contributed by atoms with Gasteiger partial charge in [-0.3, -0.25) is 0 Å². The maximum Gasteiger partial charge on any atom is 0.341 e. The maximum atomic E-state index is 12.7. The van der Waals surface area contributed by atoms with Crippen molar-refractivity contribution in [3.8, 4) is 5.75 Å². The molecule has 0 saturated carbocycles. The van der Waals surface area contributed by atoms with E-state index in [4.69, 9.17) is 4.74 Å². The quantitative estimate of drug-likeness (QED) is 0.401. The minimum Gasteiger partial charge on any atom is -0.506 e. The Morgan fingerprint density at radius 1 is 1.20 bits per heavy atom. The van der Waals surface area contributed by atoms with Gasteiger partial charge in [-0.05, 0) is 48.6 Å². The fourth-order valence-electron chi connectivity index (χ4n) is 2.97. The maximum absolute atomic E-state index is 12.7. The number of aromatic hydroxyl groups is 1. The van der Waals surface area contributed by atoms with Crippen LogP contribution in [0.3, 0.4) is 0 Å². The van der Waals surface area contributed by atoms with Crippen LogP contribution < -0.4 is 5.32 Å². The Labute approximate surface area is 183 Å². The lowest BCUT2D eigenvalue weighted by molar-refractivity contribution is 0.0506. The van der Waals surface area contributed by atoms with Gasteiger partial charge in [-0.2, -0.15) is 0 Å². The van der Waals surface area contributed by atoms with Gasteiger partial charge in [0.05, 0.1) is 18.0 Å². The molecule has 0 atom stereocenters. The molecule has 1 aromatic carbocycles. The molecule has 30 heavy (non-hydrogen) atoms. The van der Waals surface area contributed by atoms with E-state index in [0.717, 1.165) is 17.7 Å². The Kier molecular flexibility index (Phi) is 7.26. The molecule has 0 spiro atoms. The van der Waals surface area contributed by atoms with Crippen molar-refractivity contribution in [1.29, 1.82) is 0 Å². The van der Waals surface area contributed by atoms with E-state index >= 15 is 0 Å². The molecule has 0 bridgehead atoms. The van der Waals surface area contributed by atoms with E-state index in [0.29, 0.717) is 34.6 Å². The summed E-state index contributed by atoms with van der Waals surface area (Å²) in [6.07, 6.45) is 2.20. The second kappa shape index (κ2) is 9.30. The molecule has 0 aliphatic heterocycles. The van der Waals surface area contributed by atoms with Gasteiger partial charge in [0.25, 0.3) is 0 Å². The minimum atomic E-state index is -0.462. The molecule has 6 nitrogen and oxygen atoms in total. The van der Waals surface area contributed by atoms with Crippen LogP contribution in [0.15, 0.2) is 36.5 Å². The van der Waals surface area contributed by atoms with Gasteiger partial charge in [-0.1, -0.05) is 33.8 Å². The van der Waals surface area contributed by atoms with Crippen molar-refractivity contribution in [2.24, 2.45) is 0 Å². The number of rotatable bonds is 5. The first-order valence-corrected chi connectivity index (χ1v) is 9.74. The zero-order valence-electron chi connectivity index (χ0n) is 17.9. The predicted octanol–water partition coefficient (Wildman–Crippen LogP) is 5.67. The van der Waals surface area contributed by atoms with Crippen molar-refractivity contribution in [3.63, 3.8) is 0 Å². The van der Waals surface area contributed by atoms with Gasteiger partial charge in [0.15, 0.2) is 5.65 Å². The highest BCUT2D eigenvalue weighted by Crippen LogP contribution is 2.36. The first-order chi connectivity index (χ1) is 13.7. The smallest absolute Gasteiger partial charge is 0.341 e. The monoisotopic (exact) mass is 429 g/mol. The number of aromatic nitrogens is 2. The molecular formula is C23H28ClN3O3. The Bertz CT molecular complexity index is 1060. The molecule has 0 amide bonds. The van der Waals surface area contributed by atoms with Gasteiger partial charge in [0.2, 0.25) is 0 Å². The van der Waals surface area contributed by atoms with Gasteiger partial charge < -0.3 is 15.2 Å². The number of aryl methyl sites for hydroxylation is 1. The van der Waals surface area contributed by atoms with Crippen molar-refractivity contribution < 1.29 is 14.6 Å². The number of benzene rings is 1. The van der Waals surface area contributed by atoms with Crippen LogP contribution in [0.1, 0.15) is 55.7 Å². The van der Waals surface area contributed by atoms with E-state index in [-0.39, 0.29) is 23.6 Å². The van der Waals surface area contributed by atoms with E-state index in [9.17, 15) is 9.90 Å². The van der Waals surface area contributed by atoms with Gasteiger partial charge in [0, 0.05) is 17.3 Å². The normalized spacial score (nSPS) is 11.1. The summed E-state index contributed by atoms with van der Waals surface area (Å²) in [5, 5.41) is 14.4. The number of hydrogen-bond donors (Lipinski definition) is 2. The summed E-state index contributed by atoms with van der Waals surface area (Å²) in [7, 11) is 0. The molecule has 0 radical (unpaired) electrons. The van der Waals surface area contributed by atoms with Crippen LogP contribution in [0.4, 0.5) is 11.4 Å². The fraction of sp³-hybridized carbons (Fsp3) is 0.348. The molecule has 0 saturated heterocycles. The first kappa shape index (κ1) is 23.4. The minimum absolute atomic E-state index is 0.